The molecular weight excluding hydrogens is 274 g/mol. The maximum atomic E-state index is 12.3. The van der Waals surface area contributed by atoms with Gasteiger partial charge < -0.3 is 10.1 Å². The van der Waals surface area contributed by atoms with Gasteiger partial charge in [0.05, 0.1) is 19.3 Å². The average molecular weight is 309 g/mol. The molecule has 0 spiro atoms. The van der Waals surface area contributed by atoms with Gasteiger partial charge in [0, 0.05) is 6.42 Å². The molecule has 1 aliphatic rings. The number of amides is 1. The molecule has 1 rings (SSSR count). The Balaban J connectivity index is 2.36. The second-order valence-corrected chi connectivity index (χ2v) is 8.00. The van der Waals surface area contributed by atoms with E-state index in [0.29, 0.717) is 19.6 Å². The van der Waals surface area contributed by atoms with Gasteiger partial charge in [-0.2, -0.15) is 0 Å². The minimum Gasteiger partial charge on any atom is -0.375 e. The Morgan fingerprint density at radius 1 is 1.27 bits per heavy atom. The Labute approximate surface area is 136 Å². The lowest BCUT2D eigenvalue weighted by Gasteiger charge is -2.31. The van der Waals surface area contributed by atoms with E-state index in [-0.39, 0.29) is 17.4 Å². The molecule has 1 saturated carbocycles. The lowest BCUT2D eigenvalue weighted by Crippen LogP contribution is -2.46. The van der Waals surface area contributed by atoms with E-state index in [1.54, 1.807) is 0 Å². The van der Waals surface area contributed by atoms with Crippen LogP contribution in [0.1, 0.15) is 72.6 Å². The summed E-state index contributed by atoms with van der Waals surface area (Å²) in [7, 11) is 0. The zero-order chi connectivity index (χ0) is 16.6. The first-order chi connectivity index (χ1) is 10.3. The Hall–Kier alpha value is -0.830. The van der Waals surface area contributed by atoms with Crippen molar-refractivity contribution < 1.29 is 9.53 Å². The van der Waals surface area contributed by atoms with Crippen molar-refractivity contribution in [2.24, 2.45) is 11.3 Å². The van der Waals surface area contributed by atoms with E-state index in [9.17, 15) is 4.79 Å². The van der Waals surface area contributed by atoms with Crippen molar-refractivity contribution in [2.45, 2.75) is 78.7 Å². The first-order valence-corrected chi connectivity index (χ1v) is 8.80. The minimum absolute atomic E-state index is 0.00439. The molecule has 128 valence electrons. The van der Waals surface area contributed by atoms with Crippen LogP contribution in [-0.4, -0.2) is 25.2 Å². The van der Waals surface area contributed by atoms with Crippen LogP contribution in [0.25, 0.3) is 0 Å². The third-order valence-corrected chi connectivity index (χ3v) is 4.52. The standard InChI is InChI=1S/C19H35NO2/c1-15(2)13-22-14-17(19(3,4)5)20-18(21)12-11-16-9-7-6-8-10-16/h16-17H,1,6-14H2,2-5H3,(H,20,21). The molecule has 1 fully saturated rings. The van der Waals surface area contributed by atoms with Crippen LogP contribution in [0.15, 0.2) is 12.2 Å². The normalized spacial score (nSPS) is 18.0. The number of ether oxygens (including phenoxy) is 1. The molecule has 1 amide bonds. The van der Waals surface area contributed by atoms with Crippen LogP contribution in [0.5, 0.6) is 0 Å². The van der Waals surface area contributed by atoms with Gasteiger partial charge in [0.15, 0.2) is 0 Å². The lowest BCUT2D eigenvalue weighted by atomic mass is 9.85. The van der Waals surface area contributed by atoms with Crippen molar-refractivity contribution in [1.29, 1.82) is 0 Å². The fraction of sp³-hybridized carbons (Fsp3) is 0.842. The largest absolute Gasteiger partial charge is 0.375 e. The van der Waals surface area contributed by atoms with Crippen LogP contribution < -0.4 is 5.32 Å². The van der Waals surface area contributed by atoms with Gasteiger partial charge in [-0.15, -0.1) is 0 Å². The van der Waals surface area contributed by atoms with Gasteiger partial charge >= 0.3 is 0 Å². The molecule has 0 aromatic carbocycles. The second kappa shape index (κ2) is 9.34. The molecule has 1 N–H and O–H groups in total. The fourth-order valence-electron chi connectivity index (χ4n) is 2.94. The Kier molecular flexibility index (Phi) is 8.16. The summed E-state index contributed by atoms with van der Waals surface area (Å²) >= 11 is 0. The van der Waals surface area contributed by atoms with Crippen molar-refractivity contribution in [1.82, 2.24) is 5.32 Å². The second-order valence-electron chi connectivity index (χ2n) is 8.00. The molecule has 1 aliphatic carbocycles. The number of hydrogen-bond donors (Lipinski definition) is 1. The summed E-state index contributed by atoms with van der Waals surface area (Å²) in [6, 6.07) is 0.0469. The predicted molar refractivity (Wildman–Crippen MR) is 92.8 cm³/mol. The van der Waals surface area contributed by atoms with Crippen LogP contribution in [0.4, 0.5) is 0 Å². The summed E-state index contributed by atoms with van der Waals surface area (Å²) in [5, 5.41) is 3.18. The van der Waals surface area contributed by atoms with Crippen LogP contribution in [-0.2, 0) is 9.53 Å². The molecule has 0 heterocycles. The van der Waals surface area contributed by atoms with Crippen molar-refractivity contribution >= 4 is 5.91 Å². The van der Waals surface area contributed by atoms with Crippen molar-refractivity contribution in [2.75, 3.05) is 13.2 Å². The lowest BCUT2D eigenvalue weighted by molar-refractivity contribution is -0.123. The third kappa shape index (κ3) is 7.98. The molecule has 0 saturated heterocycles. The molecule has 0 aromatic heterocycles. The monoisotopic (exact) mass is 309 g/mol. The SMILES string of the molecule is C=C(C)COCC(NC(=O)CCC1CCCCC1)C(C)(C)C. The third-order valence-electron chi connectivity index (χ3n) is 4.52. The van der Waals surface area contributed by atoms with E-state index < -0.39 is 0 Å². The highest BCUT2D eigenvalue weighted by Crippen LogP contribution is 2.27. The highest BCUT2D eigenvalue weighted by molar-refractivity contribution is 5.76. The highest BCUT2D eigenvalue weighted by Gasteiger charge is 2.26. The number of hydrogen-bond acceptors (Lipinski definition) is 2. The van der Waals surface area contributed by atoms with Crippen molar-refractivity contribution in [3.8, 4) is 0 Å². The molecule has 0 bridgehead atoms. The number of nitrogens with one attached hydrogen (secondary N) is 1. The summed E-state index contributed by atoms with van der Waals surface area (Å²) in [4.78, 5) is 12.3. The van der Waals surface area contributed by atoms with E-state index >= 15 is 0 Å². The zero-order valence-corrected chi connectivity index (χ0v) is 15.0. The van der Waals surface area contributed by atoms with Crippen LogP contribution >= 0.6 is 0 Å². The van der Waals surface area contributed by atoms with Crippen LogP contribution in [0.3, 0.4) is 0 Å². The summed E-state index contributed by atoms with van der Waals surface area (Å²) in [5.41, 5.74) is 1.01. The van der Waals surface area contributed by atoms with Gasteiger partial charge in [0.1, 0.15) is 0 Å². The summed E-state index contributed by atoms with van der Waals surface area (Å²) in [6.45, 7) is 13.3. The molecule has 0 aromatic rings. The van der Waals surface area contributed by atoms with Crippen LogP contribution in [0.2, 0.25) is 0 Å². The first kappa shape index (κ1) is 19.2. The smallest absolute Gasteiger partial charge is 0.220 e. The maximum Gasteiger partial charge on any atom is 0.220 e. The molecule has 0 aliphatic heterocycles. The summed E-state index contributed by atoms with van der Waals surface area (Å²) < 4.78 is 5.66. The molecule has 0 radical (unpaired) electrons. The summed E-state index contributed by atoms with van der Waals surface area (Å²) in [6.07, 6.45) is 8.34. The van der Waals surface area contributed by atoms with E-state index in [1.807, 2.05) is 6.92 Å². The van der Waals surface area contributed by atoms with Gasteiger partial charge in [-0.05, 0) is 24.7 Å². The topological polar surface area (TPSA) is 38.3 Å². The van der Waals surface area contributed by atoms with Crippen molar-refractivity contribution in [3.05, 3.63) is 12.2 Å². The molecular formula is C19H35NO2. The Morgan fingerprint density at radius 2 is 1.91 bits per heavy atom. The Morgan fingerprint density at radius 3 is 2.45 bits per heavy atom. The van der Waals surface area contributed by atoms with E-state index in [0.717, 1.165) is 17.9 Å². The molecule has 3 heteroatoms. The number of carbonyl (C=O) groups excluding carboxylic acids is 1. The average Bonchev–Trinajstić information content (AvgIpc) is 2.44. The van der Waals surface area contributed by atoms with E-state index in [2.05, 4.69) is 32.7 Å². The van der Waals surface area contributed by atoms with Crippen molar-refractivity contribution in [3.63, 3.8) is 0 Å². The highest BCUT2D eigenvalue weighted by atomic mass is 16.5. The van der Waals surface area contributed by atoms with Gasteiger partial charge in [-0.25, -0.2) is 0 Å². The van der Waals surface area contributed by atoms with Crippen LogP contribution in [0, 0.1) is 11.3 Å². The summed E-state index contributed by atoms with van der Waals surface area (Å²) in [5.74, 6) is 0.927. The minimum atomic E-state index is -0.00439. The van der Waals surface area contributed by atoms with Gasteiger partial charge in [-0.3, -0.25) is 4.79 Å². The van der Waals surface area contributed by atoms with Gasteiger partial charge in [0.2, 0.25) is 5.91 Å². The predicted octanol–water partition coefficient (Wildman–Crippen LogP) is 4.47. The van der Waals surface area contributed by atoms with Gasteiger partial charge in [0.25, 0.3) is 0 Å². The number of carbonyl (C=O) groups is 1. The molecule has 22 heavy (non-hydrogen) atoms. The molecule has 1 unspecified atom stereocenters. The quantitative estimate of drug-likeness (QED) is 0.672. The molecule has 3 nitrogen and oxygen atoms in total. The molecule has 1 atom stereocenters. The fourth-order valence-corrected chi connectivity index (χ4v) is 2.94. The van der Waals surface area contributed by atoms with Gasteiger partial charge in [-0.1, -0.05) is 65.0 Å². The van der Waals surface area contributed by atoms with E-state index in [1.165, 1.54) is 32.1 Å². The zero-order valence-electron chi connectivity index (χ0n) is 15.0. The maximum absolute atomic E-state index is 12.3. The Bertz CT molecular complexity index is 351. The number of rotatable bonds is 8. The first-order valence-electron chi connectivity index (χ1n) is 8.80. The van der Waals surface area contributed by atoms with E-state index in [4.69, 9.17) is 4.74 Å².